The minimum Gasteiger partial charge on any atom is -0.379 e. The van der Waals surface area contributed by atoms with Crippen molar-refractivity contribution < 1.29 is 26.3 Å². The summed E-state index contributed by atoms with van der Waals surface area (Å²) in [4.78, 5) is 1.61. The van der Waals surface area contributed by atoms with Gasteiger partial charge in [0.15, 0.2) is 0 Å². The average Bonchev–Trinajstić information content (AvgIpc) is 2.46. The third-order valence-electron chi connectivity index (χ3n) is 3.33. The van der Waals surface area contributed by atoms with Crippen LogP contribution in [0.3, 0.4) is 0 Å². The minimum atomic E-state index is -4.61. The van der Waals surface area contributed by atoms with Gasteiger partial charge in [0.1, 0.15) is 0 Å². The molecule has 1 aromatic rings. The summed E-state index contributed by atoms with van der Waals surface area (Å²) in [6.45, 7) is 3.19. The Hall–Kier alpha value is -0.390. The van der Waals surface area contributed by atoms with Crippen molar-refractivity contribution in [3.63, 3.8) is 0 Å². The van der Waals surface area contributed by atoms with Crippen LogP contribution in [0.15, 0.2) is 27.6 Å². The van der Waals surface area contributed by atoms with E-state index in [1.807, 2.05) is 4.90 Å². The van der Waals surface area contributed by atoms with Gasteiger partial charge in [-0.1, -0.05) is 15.9 Å². The molecule has 0 unspecified atom stereocenters. The highest BCUT2D eigenvalue weighted by Gasteiger charge is 2.32. The normalized spacial score (nSPS) is 16.7. The highest BCUT2D eigenvalue weighted by molar-refractivity contribution is 9.10. The third kappa shape index (κ3) is 6.16. The number of nitrogens with zero attached hydrogens (tertiary/aromatic N) is 1. The zero-order valence-corrected chi connectivity index (χ0v) is 15.7. The second kappa shape index (κ2) is 8.81. The van der Waals surface area contributed by atoms with E-state index in [4.69, 9.17) is 4.74 Å². The zero-order chi connectivity index (χ0) is 17.1. The van der Waals surface area contributed by atoms with Crippen LogP contribution in [0.5, 0.6) is 0 Å². The summed E-state index contributed by atoms with van der Waals surface area (Å²) in [6.07, 6.45) is -4.61. The van der Waals surface area contributed by atoms with Crippen LogP contribution in [0, 0.1) is 0 Å². The Labute approximate surface area is 153 Å². The summed E-state index contributed by atoms with van der Waals surface area (Å²) >= 11 is 2.91. The van der Waals surface area contributed by atoms with Crippen LogP contribution in [-0.2, 0) is 20.9 Å². The summed E-state index contributed by atoms with van der Waals surface area (Å²) in [6, 6.07) is 2.61. The second-order valence-corrected chi connectivity index (χ2v) is 7.71. The van der Waals surface area contributed by atoms with Gasteiger partial charge in [-0.3, -0.25) is 4.90 Å². The lowest BCUT2D eigenvalue weighted by atomic mass is 10.2. The molecule has 1 aliphatic rings. The van der Waals surface area contributed by atoms with E-state index in [1.54, 1.807) is 0 Å². The lowest BCUT2D eigenvalue weighted by Crippen LogP contribution is -2.41. The molecule has 0 saturated carbocycles. The molecule has 0 bridgehead atoms. The molecule has 1 aromatic carbocycles. The maximum atomic E-state index is 12.8. The molecule has 11 heteroatoms. The van der Waals surface area contributed by atoms with Crippen LogP contribution < -0.4 is 4.72 Å². The number of nitrogens with one attached hydrogen (secondary N) is 1. The topological polar surface area (TPSA) is 58.6 Å². The molecule has 2 rings (SSSR count). The van der Waals surface area contributed by atoms with Crippen molar-refractivity contribution in [1.82, 2.24) is 9.62 Å². The van der Waals surface area contributed by atoms with Crippen molar-refractivity contribution in [1.29, 1.82) is 0 Å². The van der Waals surface area contributed by atoms with E-state index in [2.05, 4.69) is 20.7 Å². The van der Waals surface area contributed by atoms with Crippen molar-refractivity contribution in [2.45, 2.75) is 11.1 Å². The molecular formula is C13H17BrClF3N2O3S. The Morgan fingerprint density at radius 3 is 2.42 bits per heavy atom. The van der Waals surface area contributed by atoms with Gasteiger partial charge in [-0.05, 0) is 18.2 Å². The Kier molecular flexibility index (Phi) is 7.95. The predicted molar refractivity (Wildman–Crippen MR) is 88.8 cm³/mol. The molecule has 1 saturated heterocycles. The monoisotopic (exact) mass is 452 g/mol. The Morgan fingerprint density at radius 2 is 1.83 bits per heavy atom. The zero-order valence-electron chi connectivity index (χ0n) is 12.5. The van der Waals surface area contributed by atoms with Gasteiger partial charge in [-0.15, -0.1) is 12.4 Å². The van der Waals surface area contributed by atoms with E-state index < -0.39 is 26.7 Å². The van der Waals surface area contributed by atoms with Gasteiger partial charge in [-0.25, -0.2) is 13.1 Å². The number of sulfonamides is 1. The number of alkyl halides is 3. The molecule has 24 heavy (non-hydrogen) atoms. The van der Waals surface area contributed by atoms with E-state index >= 15 is 0 Å². The third-order valence-corrected chi connectivity index (χ3v) is 5.23. The number of benzene rings is 1. The largest absolute Gasteiger partial charge is 0.416 e. The van der Waals surface area contributed by atoms with Crippen molar-refractivity contribution >= 4 is 38.4 Å². The number of hydrogen-bond acceptors (Lipinski definition) is 4. The van der Waals surface area contributed by atoms with Gasteiger partial charge in [0.05, 0.1) is 23.7 Å². The van der Waals surface area contributed by atoms with Crippen LogP contribution >= 0.6 is 28.3 Å². The SMILES string of the molecule is Cl.O=S(=O)(NCCN1CCOCC1)c1cc(Br)cc(C(F)(F)F)c1. The first-order valence-corrected chi connectivity index (χ1v) is 9.14. The van der Waals surface area contributed by atoms with Gasteiger partial charge in [0.25, 0.3) is 0 Å². The van der Waals surface area contributed by atoms with Crippen LogP contribution in [0.1, 0.15) is 5.56 Å². The first kappa shape index (κ1) is 21.7. The molecule has 1 aliphatic heterocycles. The molecule has 0 aromatic heterocycles. The predicted octanol–water partition coefficient (Wildman–Crippen LogP) is 2.50. The lowest BCUT2D eigenvalue weighted by Gasteiger charge is -2.26. The Balaban J connectivity index is 0.00000288. The fourth-order valence-corrected chi connectivity index (χ4v) is 3.86. The van der Waals surface area contributed by atoms with Gasteiger partial charge in [-0.2, -0.15) is 13.2 Å². The van der Waals surface area contributed by atoms with Crippen molar-refractivity contribution in [3.05, 3.63) is 28.2 Å². The highest BCUT2D eigenvalue weighted by Crippen LogP contribution is 2.33. The van der Waals surface area contributed by atoms with Gasteiger partial charge >= 0.3 is 6.18 Å². The molecule has 0 aliphatic carbocycles. The molecule has 0 radical (unpaired) electrons. The number of hydrogen-bond donors (Lipinski definition) is 1. The van der Waals surface area contributed by atoms with E-state index in [9.17, 15) is 21.6 Å². The molecule has 1 fully saturated rings. The van der Waals surface area contributed by atoms with E-state index in [-0.39, 0.29) is 23.4 Å². The maximum Gasteiger partial charge on any atom is 0.416 e. The standard InChI is InChI=1S/C13H16BrF3N2O3S.ClH/c14-11-7-10(13(15,16)17)8-12(9-11)23(20,21)18-1-2-19-3-5-22-6-4-19;/h7-9,18H,1-6H2;1H. The maximum absolute atomic E-state index is 12.8. The number of morpholine rings is 1. The Bertz CT molecular complexity index is 652. The fraction of sp³-hybridized carbons (Fsp3) is 0.538. The summed E-state index contributed by atoms with van der Waals surface area (Å²) in [5.74, 6) is 0. The highest BCUT2D eigenvalue weighted by atomic mass is 79.9. The molecule has 1 heterocycles. The molecule has 0 atom stereocenters. The van der Waals surface area contributed by atoms with Gasteiger partial charge in [0, 0.05) is 30.7 Å². The average molecular weight is 454 g/mol. The molecule has 138 valence electrons. The van der Waals surface area contributed by atoms with E-state index in [0.29, 0.717) is 38.9 Å². The van der Waals surface area contributed by atoms with Gasteiger partial charge < -0.3 is 4.74 Å². The molecule has 0 amide bonds. The smallest absolute Gasteiger partial charge is 0.379 e. The first-order chi connectivity index (χ1) is 10.7. The molecule has 0 spiro atoms. The fourth-order valence-electron chi connectivity index (χ4n) is 2.13. The van der Waals surface area contributed by atoms with Crippen molar-refractivity contribution in [2.75, 3.05) is 39.4 Å². The van der Waals surface area contributed by atoms with Crippen LogP contribution in [0.25, 0.3) is 0 Å². The number of halogens is 5. The lowest BCUT2D eigenvalue weighted by molar-refractivity contribution is -0.137. The van der Waals surface area contributed by atoms with Gasteiger partial charge in [0.2, 0.25) is 10.0 Å². The quantitative estimate of drug-likeness (QED) is 0.744. The summed E-state index contributed by atoms with van der Waals surface area (Å²) in [7, 11) is -4.00. The molecular weight excluding hydrogens is 437 g/mol. The molecule has 1 N–H and O–H groups in total. The molecule has 5 nitrogen and oxygen atoms in total. The van der Waals surface area contributed by atoms with Crippen LogP contribution in [0.4, 0.5) is 13.2 Å². The summed E-state index contributed by atoms with van der Waals surface area (Å²) in [5.41, 5.74) is -1.01. The number of rotatable bonds is 5. The Morgan fingerprint density at radius 1 is 1.21 bits per heavy atom. The van der Waals surface area contributed by atoms with Crippen molar-refractivity contribution in [3.8, 4) is 0 Å². The van der Waals surface area contributed by atoms with Crippen LogP contribution in [-0.4, -0.2) is 52.7 Å². The van der Waals surface area contributed by atoms with E-state index in [0.717, 1.165) is 12.1 Å². The minimum absolute atomic E-state index is 0. The second-order valence-electron chi connectivity index (χ2n) is 5.03. The summed E-state index contributed by atoms with van der Waals surface area (Å²) < 4.78 is 70.2. The van der Waals surface area contributed by atoms with Crippen LogP contribution in [0.2, 0.25) is 0 Å². The first-order valence-electron chi connectivity index (χ1n) is 6.86. The van der Waals surface area contributed by atoms with Crippen molar-refractivity contribution in [2.24, 2.45) is 0 Å². The van der Waals surface area contributed by atoms with E-state index in [1.165, 1.54) is 0 Å². The summed E-state index contributed by atoms with van der Waals surface area (Å²) in [5, 5.41) is 0. The number of ether oxygens (including phenoxy) is 1.